The maximum Gasteiger partial charge on any atom is 0.262 e. The normalized spacial score (nSPS) is 22.6. The summed E-state index contributed by atoms with van der Waals surface area (Å²) in [6.45, 7) is 3.65. The van der Waals surface area contributed by atoms with Crippen LogP contribution in [-0.2, 0) is 10.0 Å². The molecule has 3 heterocycles. The summed E-state index contributed by atoms with van der Waals surface area (Å²) in [6, 6.07) is 1.55. The molecule has 1 atom stereocenters. The van der Waals surface area contributed by atoms with E-state index < -0.39 is 10.0 Å². The molecule has 0 spiro atoms. The smallest absolute Gasteiger partial charge is 0.262 e. The summed E-state index contributed by atoms with van der Waals surface area (Å²) < 4.78 is 27.1. The van der Waals surface area contributed by atoms with Crippen molar-refractivity contribution in [3.8, 4) is 0 Å². The summed E-state index contributed by atoms with van der Waals surface area (Å²) >= 11 is 2.95. The molecule has 2 fully saturated rings. The molecule has 2 aliphatic rings. The van der Waals surface area contributed by atoms with Gasteiger partial charge in [0.15, 0.2) is 0 Å². The average molecular weight is 390 g/mol. The van der Waals surface area contributed by atoms with Gasteiger partial charge < -0.3 is 10.6 Å². The van der Waals surface area contributed by atoms with Crippen molar-refractivity contribution >= 4 is 39.0 Å². The molecular formula is C15H23N3O3S3. The lowest BCUT2D eigenvalue weighted by Gasteiger charge is -2.25. The van der Waals surface area contributed by atoms with E-state index in [2.05, 4.69) is 10.6 Å². The zero-order valence-corrected chi connectivity index (χ0v) is 15.9. The number of thioether (sulfide) groups is 1. The minimum Gasteiger partial charge on any atom is -0.351 e. The van der Waals surface area contributed by atoms with Crippen LogP contribution < -0.4 is 10.6 Å². The van der Waals surface area contributed by atoms with E-state index in [9.17, 15) is 13.2 Å². The number of hydrogen-bond acceptors (Lipinski definition) is 6. The van der Waals surface area contributed by atoms with Gasteiger partial charge >= 0.3 is 0 Å². The van der Waals surface area contributed by atoms with Crippen molar-refractivity contribution in [2.75, 3.05) is 44.2 Å². The molecule has 2 saturated heterocycles. The number of amides is 1. The number of carbonyl (C=O) groups excluding carboxylic acids is 1. The third-order valence-electron chi connectivity index (χ3n) is 4.42. The van der Waals surface area contributed by atoms with Crippen LogP contribution in [0.4, 0.5) is 0 Å². The third kappa shape index (κ3) is 4.13. The highest BCUT2D eigenvalue weighted by Crippen LogP contribution is 2.27. The van der Waals surface area contributed by atoms with E-state index in [1.807, 2.05) is 0 Å². The van der Waals surface area contributed by atoms with E-state index >= 15 is 0 Å². The molecule has 6 nitrogen and oxygen atoms in total. The molecule has 0 bridgehead atoms. The van der Waals surface area contributed by atoms with Crippen molar-refractivity contribution in [3.05, 3.63) is 16.3 Å². The van der Waals surface area contributed by atoms with E-state index in [0.29, 0.717) is 30.4 Å². The number of sulfonamides is 1. The molecule has 9 heteroatoms. The lowest BCUT2D eigenvalue weighted by Crippen LogP contribution is -2.38. The Bertz CT molecular complexity index is 663. The van der Waals surface area contributed by atoms with Gasteiger partial charge in [-0.2, -0.15) is 16.1 Å². The number of thiophene rings is 1. The fourth-order valence-electron chi connectivity index (χ4n) is 3.02. The lowest BCUT2D eigenvalue weighted by molar-refractivity contribution is 0.0952. The zero-order valence-electron chi connectivity index (χ0n) is 13.5. The molecule has 0 aliphatic carbocycles. The molecule has 0 saturated carbocycles. The van der Waals surface area contributed by atoms with Gasteiger partial charge in [0.1, 0.15) is 9.77 Å². The minimum absolute atomic E-state index is 0.152. The Labute approximate surface area is 151 Å². The van der Waals surface area contributed by atoms with Crippen LogP contribution in [-0.4, -0.2) is 62.9 Å². The van der Waals surface area contributed by atoms with E-state index in [1.165, 1.54) is 15.6 Å². The van der Waals surface area contributed by atoms with Crippen molar-refractivity contribution in [2.45, 2.75) is 17.7 Å². The second-order valence-corrected chi connectivity index (χ2v) is 10.1. The number of nitrogens with one attached hydrogen (secondary N) is 2. The lowest BCUT2D eigenvalue weighted by atomic mass is 10.1. The Morgan fingerprint density at radius 2 is 2.17 bits per heavy atom. The predicted molar refractivity (Wildman–Crippen MR) is 98.3 cm³/mol. The van der Waals surface area contributed by atoms with Gasteiger partial charge in [-0.1, -0.05) is 0 Å². The van der Waals surface area contributed by atoms with Crippen molar-refractivity contribution in [2.24, 2.45) is 5.92 Å². The highest BCUT2D eigenvalue weighted by molar-refractivity contribution is 7.99. The van der Waals surface area contributed by atoms with Crippen molar-refractivity contribution in [3.63, 3.8) is 0 Å². The fraction of sp³-hybridized carbons (Fsp3) is 0.667. The summed E-state index contributed by atoms with van der Waals surface area (Å²) in [5.41, 5.74) is 0. The second kappa shape index (κ2) is 8.18. The molecule has 1 aromatic heterocycles. The maximum atomic E-state index is 12.8. The van der Waals surface area contributed by atoms with E-state index in [1.54, 1.807) is 23.2 Å². The van der Waals surface area contributed by atoms with Gasteiger partial charge in [0.05, 0.1) is 0 Å². The Hall–Kier alpha value is -0.610. The van der Waals surface area contributed by atoms with Gasteiger partial charge in [0.2, 0.25) is 10.0 Å². The second-order valence-electron chi connectivity index (χ2n) is 6.03. The van der Waals surface area contributed by atoms with Crippen LogP contribution in [0, 0.1) is 5.92 Å². The first-order valence-corrected chi connectivity index (χ1v) is 11.7. The summed E-state index contributed by atoms with van der Waals surface area (Å²) in [4.78, 5) is 12.9. The van der Waals surface area contributed by atoms with Gasteiger partial charge in [-0.15, -0.1) is 11.3 Å². The quantitative estimate of drug-likeness (QED) is 0.765. The molecule has 134 valence electrons. The van der Waals surface area contributed by atoms with Crippen LogP contribution in [0.3, 0.4) is 0 Å². The Kier molecular flexibility index (Phi) is 6.20. The Morgan fingerprint density at radius 1 is 1.38 bits per heavy atom. The molecule has 1 unspecified atom stereocenters. The van der Waals surface area contributed by atoms with Gasteiger partial charge in [-0.3, -0.25) is 4.79 Å². The molecule has 0 aromatic carbocycles. The summed E-state index contributed by atoms with van der Waals surface area (Å²) in [7, 11) is -3.58. The van der Waals surface area contributed by atoms with Crippen LogP contribution in [0.2, 0.25) is 0 Å². The highest BCUT2D eigenvalue weighted by atomic mass is 32.2. The van der Waals surface area contributed by atoms with Gasteiger partial charge in [-0.05, 0) is 43.3 Å². The predicted octanol–water partition coefficient (Wildman–Crippen LogP) is 1.22. The van der Waals surface area contributed by atoms with Crippen LogP contribution in [0.25, 0.3) is 0 Å². The molecule has 2 aliphatic heterocycles. The first-order valence-electron chi connectivity index (χ1n) is 8.23. The molecular weight excluding hydrogens is 366 g/mol. The molecule has 1 aromatic rings. The number of hydrogen-bond donors (Lipinski definition) is 2. The summed E-state index contributed by atoms with van der Waals surface area (Å²) in [6.07, 6.45) is 2.07. The summed E-state index contributed by atoms with van der Waals surface area (Å²) in [5.74, 6) is 1.93. The van der Waals surface area contributed by atoms with E-state index in [0.717, 1.165) is 37.4 Å². The van der Waals surface area contributed by atoms with E-state index in [4.69, 9.17) is 0 Å². The van der Waals surface area contributed by atoms with Crippen LogP contribution >= 0.6 is 23.1 Å². The molecule has 1 amide bonds. The van der Waals surface area contributed by atoms with Crippen LogP contribution in [0.15, 0.2) is 16.3 Å². The minimum atomic E-state index is -3.58. The molecule has 3 rings (SSSR count). The molecule has 24 heavy (non-hydrogen) atoms. The summed E-state index contributed by atoms with van der Waals surface area (Å²) in [5, 5.41) is 7.87. The third-order valence-corrected chi connectivity index (χ3v) is 8.35. The average Bonchev–Trinajstić information content (AvgIpc) is 3.27. The van der Waals surface area contributed by atoms with Crippen LogP contribution in [0.1, 0.15) is 22.5 Å². The first-order chi connectivity index (χ1) is 11.6. The monoisotopic (exact) mass is 389 g/mol. The first kappa shape index (κ1) is 18.2. The Balaban J connectivity index is 1.64. The maximum absolute atomic E-state index is 12.8. The van der Waals surface area contributed by atoms with Gasteiger partial charge in [0.25, 0.3) is 5.91 Å². The van der Waals surface area contributed by atoms with Crippen molar-refractivity contribution < 1.29 is 13.2 Å². The van der Waals surface area contributed by atoms with Crippen molar-refractivity contribution in [1.29, 1.82) is 0 Å². The fourth-order valence-corrected chi connectivity index (χ4v) is 6.92. The highest BCUT2D eigenvalue weighted by Gasteiger charge is 2.31. The van der Waals surface area contributed by atoms with Crippen molar-refractivity contribution in [1.82, 2.24) is 14.9 Å². The number of nitrogens with zero attached hydrogens (tertiary/aromatic N) is 1. The molecule has 0 radical (unpaired) electrons. The standard InChI is InChI=1S/C15H23N3O3S3/c19-15(17-5-2-12-1-4-16-11-12)14-13(3-8-23-14)24(20,21)18-6-9-22-10-7-18/h3,8,12,16H,1-2,4-7,9-11H2,(H,17,19). The van der Waals surface area contributed by atoms with Crippen LogP contribution in [0.5, 0.6) is 0 Å². The largest absolute Gasteiger partial charge is 0.351 e. The Morgan fingerprint density at radius 3 is 2.88 bits per heavy atom. The number of rotatable bonds is 6. The topological polar surface area (TPSA) is 78.5 Å². The van der Waals surface area contributed by atoms with Gasteiger partial charge in [0, 0.05) is 31.1 Å². The zero-order chi connectivity index (χ0) is 17.0. The SMILES string of the molecule is O=C(NCCC1CCNC1)c1sccc1S(=O)(=O)N1CCSCC1. The van der Waals surface area contributed by atoms with Gasteiger partial charge in [-0.25, -0.2) is 8.42 Å². The number of carbonyl (C=O) groups is 1. The molecule has 2 N–H and O–H groups in total. The van der Waals surface area contributed by atoms with E-state index in [-0.39, 0.29) is 10.8 Å².